The molecular weight excluding hydrogens is 394 g/mol. The lowest BCUT2D eigenvalue weighted by atomic mass is 9.96. The highest BCUT2D eigenvalue weighted by atomic mass is 16.5. The summed E-state index contributed by atoms with van der Waals surface area (Å²) in [6.45, 7) is 3.53. The van der Waals surface area contributed by atoms with Gasteiger partial charge in [0, 0.05) is 18.9 Å². The minimum atomic E-state index is -0.211. The summed E-state index contributed by atoms with van der Waals surface area (Å²) < 4.78 is 9.39. The number of anilines is 2. The molecule has 3 fully saturated rings. The first-order chi connectivity index (χ1) is 15.2. The van der Waals surface area contributed by atoms with E-state index in [1.54, 1.807) is 10.7 Å². The Balaban J connectivity index is 1.25. The van der Waals surface area contributed by atoms with Crippen LogP contribution in [0.25, 0.3) is 5.65 Å². The summed E-state index contributed by atoms with van der Waals surface area (Å²) >= 11 is 0. The van der Waals surface area contributed by atoms with Gasteiger partial charge in [0.1, 0.15) is 11.4 Å². The zero-order chi connectivity index (χ0) is 20.9. The van der Waals surface area contributed by atoms with Crippen LogP contribution in [0.15, 0.2) is 24.7 Å². The zero-order valence-electron chi connectivity index (χ0n) is 17.7. The Morgan fingerprint density at radius 2 is 2.10 bits per heavy atom. The Morgan fingerprint density at radius 1 is 1.23 bits per heavy atom. The molecule has 2 atom stereocenters. The molecule has 3 aromatic rings. The van der Waals surface area contributed by atoms with E-state index in [0.717, 1.165) is 49.6 Å². The Bertz CT molecular complexity index is 1130. The van der Waals surface area contributed by atoms with Crippen LogP contribution in [-0.4, -0.2) is 55.6 Å². The molecule has 2 bridgehead atoms. The van der Waals surface area contributed by atoms with E-state index < -0.39 is 0 Å². The van der Waals surface area contributed by atoms with Crippen LogP contribution in [0.3, 0.4) is 0 Å². The molecule has 9 nitrogen and oxygen atoms in total. The van der Waals surface area contributed by atoms with Crippen LogP contribution in [0, 0.1) is 6.92 Å². The molecule has 9 heteroatoms. The van der Waals surface area contributed by atoms with Crippen LogP contribution < -0.4 is 10.2 Å². The Kier molecular flexibility index (Phi) is 4.45. The molecule has 5 heterocycles. The molecular formula is C22H27N7O2. The van der Waals surface area contributed by atoms with Crippen molar-refractivity contribution in [2.24, 2.45) is 0 Å². The van der Waals surface area contributed by atoms with E-state index in [2.05, 4.69) is 20.4 Å². The molecule has 3 aromatic heterocycles. The predicted molar refractivity (Wildman–Crippen MR) is 116 cm³/mol. The van der Waals surface area contributed by atoms with E-state index in [1.807, 2.05) is 30.1 Å². The fraction of sp³-hybridized carbons (Fsp3) is 0.545. The van der Waals surface area contributed by atoms with Gasteiger partial charge in [0.15, 0.2) is 5.65 Å². The molecule has 1 amide bonds. The SMILES string of the molecule is Cc1nn(C2CCCCC2)cc1NC(=O)c1cnn2ccc(N3C[C@H]4C[C@@H]3CO4)nc12. The number of carbonyl (C=O) groups is 1. The molecule has 2 aliphatic heterocycles. The summed E-state index contributed by atoms with van der Waals surface area (Å²) in [6.07, 6.45) is 12.8. The van der Waals surface area contributed by atoms with Crippen molar-refractivity contribution in [2.45, 2.75) is 63.6 Å². The molecule has 0 spiro atoms. The number of ether oxygens (including phenoxy) is 1. The first kappa shape index (κ1) is 18.8. The number of amides is 1. The standard InChI is InChI=1S/C22H27N7O2/c1-14-19(12-29(26-14)15-5-3-2-4-6-15)24-22(30)18-10-23-28-8-7-20(25-21(18)28)27-11-17-9-16(27)13-31-17/h7-8,10,12,15-17H,2-6,9,11,13H2,1H3,(H,24,30)/t16-,17-/m1/s1. The fourth-order valence-electron chi connectivity index (χ4n) is 5.19. The topological polar surface area (TPSA) is 89.6 Å². The number of morpholine rings is 1. The van der Waals surface area contributed by atoms with Crippen molar-refractivity contribution in [2.75, 3.05) is 23.4 Å². The number of nitrogens with one attached hydrogen (secondary N) is 1. The van der Waals surface area contributed by atoms with Gasteiger partial charge >= 0.3 is 0 Å². The Morgan fingerprint density at radius 3 is 2.87 bits per heavy atom. The molecule has 31 heavy (non-hydrogen) atoms. The summed E-state index contributed by atoms with van der Waals surface area (Å²) in [5.41, 5.74) is 2.61. The second-order valence-corrected chi connectivity index (χ2v) is 8.96. The fourth-order valence-corrected chi connectivity index (χ4v) is 5.19. The highest BCUT2D eigenvalue weighted by Gasteiger charge is 2.39. The van der Waals surface area contributed by atoms with Crippen molar-refractivity contribution in [3.8, 4) is 0 Å². The smallest absolute Gasteiger partial charge is 0.261 e. The van der Waals surface area contributed by atoms with E-state index in [-0.39, 0.29) is 5.91 Å². The normalized spacial score (nSPS) is 23.7. The van der Waals surface area contributed by atoms with Crippen molar-refractivity contribution in [1.82, 2.24) is 24.4 Å². The first-order valence-corrected chi connectivity index (χ1v) is 11.3. The van der Waals surface area contributed by atoms with Crippen molar-refractivity contribution < 1.29 is 9.53 Å². The summed E-state index contributed by atoms with van der Waals surface area (Å²) in [4.78, 5) is 20.2. The monoisotopic (exact) mass is 421 g/mol. The van der Waals surface area contributed by atoms with Gasteiger partial charge in [-0.1, -0.05) is 19.3 Å². The highest BCUT2D eigenvalue weighted by Crippen LogP contribution is 2.32. The van der Waals surface area contributed by atoms with Crippen LogP contribution in [0.1, 0.15) is 60.6 Å². The highest BCUT2D eigenvalue weighted by molar-refractivity contribution is 6.08. The number of rotatable bonds is 4. The maximum absolute atomic E-state index is 13.1. The number of hydrogen-bond donors (Lipinski definition) is 1. The lowest BCUT2D eigenvalue weighted by molar-refractivity contribution is 0.0988. The van der Waals surface area contributed by atoms with E-state index in [4.69, 9.17) is 9.72 Å². The molecule has 162 valence electrons. The van der Waals surface area contributed by atoms with E-state index in [0.29, 0.717) is 29.4 Å². The summed E-state index contributed by atoms with van der Waals surface area (Å²) in [6, 6.07) is 2.76. The minimum Gasteiger partial charge on any atom is -0.374 e. The Labute approximate surface area is 180 Å². The van der Waals surface area contributed by atoms with Crippen LogP contribution >= 0.6 is 0 Å². The van der Waals surface area contributed by atoms with Gasteiger partial charge in [-0.05, 0) is 32.3 Å². The molecule has 0 radical (unpaired) electrons. The number of nitrogens with zero attached hydrogens (tertiary/aromatic N) is 6. The second-order valence-electron chi connectivity index (χ2n) is 8.96. The van der Waals surface area contributed by atoms with Gasteiger partial charge in [0.05, 0.1) is 42.4 Å². The number of carbonyl (C=O) groups excluding carboxylic acids is 1. The van der Waals surface area contributed by atoms with Crippen molar-refractivity contribution in [3.05, 3.63) is 35.9 Å². The van der Waals surface area contributed by atoms with Gasteiger partial charge in [0.2, 0.25) is 0 Å². The number of aromatic nitrogens is 5. The van der Waals surface area contributed by atoms with Crippen LogP contribution in [0.5, 0.6) is 0 Å². The summed E-state index contributed by atoms with van der Waals surface area (Å²) in [5.74, 6) is 0.663. The van der Waals surface area contributed by atoms with Gasteiger partial charge in [-0.2, -0.15) is 10.2 Å². The van der Waals surface area contributed by atoms with E-state index >= 15 is 0 Å². The molecule has 0 unspecified atom stereocenters. The van der Waals surface area contributed by atoms with Gasteiger partial charge in [-0.3, -0.25) is 9.48 Å². The maximum Gasteiger partial charge on any atom is 0.261 e. The quantitative estimate of drug-likeness (QED) is 0.697. The lowest BCUT2D eigenvalue weighted by Crippen LogP contribution is -2.37. The summed E-state index contributed by atoms with van der Waals surface area (Å²) in [7, 11) is 0. The van der Waals surface area contributed by atoms with Gasteiger partial charge in [-0.25, -0.2) is 9.50 Å². The third-order valence-corrected chi connectivity index (χ3v) is 6.91. The lowest BCUT2D eigenvalue weighted by Gasteiger charge is -2.27. The molecule has 1 N–H and O–H groups in total. The van der Waals surface area contributed by atoms with Crippen molar-refractivity contribution in [3.63, 3.8) is 0 Å². The molecule has 1 saturated carbocycles. The minimum absolute atomic E-state index is 0.211. The second kappa shape index (κ2) is 7.33. The van der Waals surface area contributed by atoms with Gasteiger partial charge in [0.25, 0.3) is 5.91 Å². The average molecular weight is 422 g/mol. The largest absolute Gasteiger partial charge is 0.374 e. The molecule has 2 saturated heterocycles. The number of fused-ring (bicyclic) bond motifs is 3. The van der Waals surface area contributed by atoms with Crippen LogP contribution in [0.4, 0.5) is 11.5 Å². The molecule has 0 aromatic carbocycles. The molecule has 3 aliphatic rings. The summed E-state index contributed by atoms with van der Waals surface area (Å²) in [5, 5.41) is 12.0. The van der Waals surface area contributed by atoms with Crippen LogP contribution in [-0.2, 0) is 4.74 Å². The number of hydrogen-bond acceptors (Lipinski definition) is 6. The van der Waals surface area contributed by atoms with Gasteiger partial charge in [-0.15, -0.1) is 0 Å². The third-order valence-electron chi connectivity index (χ3n) is 6.91. The molecule has 1 aliphatic carbocycles. The molecule has 6 rings (SSSR count). The van der Waals surface area contributed by atoms with Crippen LogP contribution in [0.2, 0.25) is 0 Å². The zero-order valence-corrected chi connectivity index (χ0v) is 17.7. The predicted octanol–water partition coefficient (Wildman–Crippen LogP) is 2.97. The van der Waals surface area contributed by atoms with Gasteiger partial charge < -0.3 is 15.0 Å². The number of aryl methyl sites for hydroxylation is 1. The first-order valence-electron chi connectivity index (χ1n) is 11.3. The third kappa shape index (κ3) is 3.27. The van der Waals surface area contributed by atoms with Crippen molar-refractivity contribution in [1.29, 1.82) is 0 Å². The maximum atomic E-state index is 13.1. The van der Waals surface area contributed by atoms with Crippen molar-refractivity contribution >= 4 is 23.1 Å². The van der Waals surface area contributed by atoms with E-state index in [9.17, 15) is 4.79 Å². The Hall–Kier alpha value is -2.94. The van der Waals surface area contributed by atoms with E-state index in [1.165, 1.54) is 19.3 Å². The average Bonchev–Trinajstić information content (AvgIpc) is 3.58.